The second kappa shape index (κ2) is 5.04. The van der Waals surface area contributed by atoms with E-state index in [2.05, 4.69) is 10.2 Å². The van der Waals surface area contributed by atoms with Crippen LogP contribution in [0.2, 0.25) is 0 Å². The van der Waals surface area contributed by atoms with E-state index in [4.69, 9.17) is 5.73 Å². The lowest BCUT2D eigenvalue weighted by Gasteiger charge is -2.25. The Morgan fingerprint density at radius 1 is 1.08 bits per heavy atom. The van der Waals surface area contributed by atoms with Crippen LogP contribution < -0.4 is 16.6 Å². The van der Waals surface area contributed by atoms with Gasteiger partial charge in [-0.1, -0.05) is 6.07 Å². The zero-order valence-electron chi connectivity index (χ0n) is 13.1. The number of carbonyl (C=O) groups excluding carboxylic acids is 2. The standard InChI is InChI=1S/C17H16N4O3/c1-20-5-4-9-2-3-11(6-10(9)8-20)21-13(22)7-12-14(15(21)18)17(24)19-16(12)23/h2-3,6-7H,4-5,8,18H2,1H3,(H,19,23,24). The first-order valence-electron chi connectivity index (χ1n) is 7.67. The van der Waals surface area contributed by atoms with Crippen molar-refractivity contribution < 1.29 is 9.59 Å². The Labute approximate surface area is 137 Å². The molecule has 0 atom stereocenters. The van der Waals surface area contributed by atoms with Crippen molar-refractivity contribution in [2.75, 3.05) is 19.3 Å². The number of hydrogen-bond acceptors (Lipinski definition) is 5. The van der Waals surface area contributed by atoms with Crippen molar-refractivity contribution in [2.45, 2.75) is 13.0 Å². The Kier molecular flexibility index (Phi) is 3.07. The highest BCUT2D eigenvalue weighted by atomic mass is 16.2. The van der Waals surface area contributed by atoms with Crippen molar-refractivity contribution in [1.82, 2.24) is 14.8 Å². The number of nitrogens with zero attached hydrogens (tertiary/aromatic N) is 2. The molecule has 24 heavy (non-hydrogen) atoms. The summed E-state index contributed by atoms with van der Waals surface area (Å²) in [4.78, 5) is 38.3. The average molecular weight is 324 g/mol. The summed E-state index contributed by atoms with van der Waals surface area (Å²) in [5, 5.41) is 2.17. The van der Waals surface area contributed by atoms with Crippen LogP contribution in [0, 0.1) is 0 Å². The van der Waals surface area contributed by atoms with E-state index in [-0.39, 0.29) is 16.9 Å². The van der Waals surface area contributed by atoms with Crippen molar-refractivity contribution in [3.8, 4) is 5.69 Å². The number of pyridine rings is 1. The van der Waals surface area contributed by atoms with Crippen LogP contribution in [0.5, 0.6) is 0 Å². The fourth-order valence-electron chi connectivity index (χ4n) is 3.37. The molecule has 0 saturated heterocycles. The Hall–Kier alpha value is -2.93. The fraction of sp³-hybridized carbons (Fsp3) is 0.235. The molecule has 2 aliphatic rings. The van der Waals surface area contributed by atoms with Crippen LogP contribution in [0.3, 0.4) is 0 Å². The summed E-state index contributed by atoms with van der Waals surface area (Å²) in [5.74, 6) is -1.16. The lowest BCUT2D eigenvalue weighted by molar-refractivity contribution is 0.0880. The highest BCUT2D eigenvalue weighted by Gasteiger charge is 2.32. The predicted octanol–water partition coefficient (Wildman–Crippen LogP) is 0.291. The molecule has 0 saturated carbocycles. The van der Waals surface area contributed by atoms with Crippen LogP contribution in [0.25, 0.3) is 5.69 Å². The van der Waals surface area contributed by atoms with E-state index in [0.717, 1.165) is 31.1 Å². The molecule has 1 aromatic heterocycles. The molecule has 2 aromatic rings. The number of nitrogens with two attached hydrogens (primary N) is 1. The van der Waals surface area contributed by atoms with Crippen molar-refractivity contribution >= 4 is 17.6 Å². The number of hydrogen-bond donors (Lipinski definition) is 2. The SMILES string of the molecule is CN1CCc2ccc(-n3c(N)c4c(cc3=O)C(=O)NC4=O)cc2C1. The molecule has 3 N–H and O–H groups in total. The minimum Gasteiger partial charge on any atom is -0.384 e. The van der Waals surface area contributed by atoms with E-state index < -0.39 is 17.4 Å². The van der Waals surface area contributed by atoms with Gasteiger partial charge in [0.1, 0.15) is 5.82 Å². The number of likely N-dealkylation sites (N-methyl/N-ethyl adjacent to an activating group) is 1. The van der Waals surface area contributed by atoms with Crippen LogP contribution in [0.15, 0.2) is 29.1 Å². The molecular weight excluding hydrogens is 308 g/mol. The average Bonchev–Trinajstić information content (AvgIpc) is 2.81. The maximum Gasteiger partial charge on any atom is 0.262 e. The molecular formula is C17H16N4O3. The minimum absolute atomic E-state index is 0.00929. The molecule has 122 valence electrons. The van der Waals surface area contributed by atoms with E-state index >= 15 is 0 Å². The maximum atomic E-state index is 12.5. The summed E-state index contributed by atoms with van der Waals surface area (Å²) in [6.45, 7) is 1.79. The second-order valence-corrected chi connectivity index (χ2v) is 6.22. The third-order valence-corrected chi connectivity index (χ3v) is 4.60. The van der Waals surface area contributed by atoms with Crippen LogP contribution in [0.1, 0.15) is 31.8 Å². The molecule has 0 fully saturated rings. The molecule has 0 unspecified atom stereocenters. The zero-order chi connectivity index (χ0) is 17.0. The molecule has 3 heterocycles. The smallest absolute Gasteiger partial charge is 0.262 e. The normalized spacial score (nSPS) is 16.7. The monoisotopic (exact) mass is 324 g/mol. The van der Waals surface area contributed by atoms with Crippen molar-refractivity contribution in [2.24, 2.45) is 0 Å². The summed E-state index contributed by atoms with van der Waals surface area (Å²) >= 11 is 0. The first-order chi connectivity index (χ1) is 11.5. The Morgan fingerprint density at radius 2 is 1.88 bits per heavy atom. The van der Waals surface area contributed by atoms with Gasteiger partial charge in [0.05, 0.1) is 16.8 Å². The number of benzene rings is 1. The van der Waals surface area contributed by atoms with E-state index in [0.29, 0.717) is 5.69 Å². The molecule has 0 aliphatic carbocycles. The van der Waals surface area contributed by atoms with Crippen LogP contribution >= 0.6 is 0 Å². The number of nitrogen functional groups attached to an aromatic ring is 1. The Morgan fingerprint density at radius 3 is 2.67 bits per heavy atom. The van der Waals surface area contributed by atoms with E-state index in [1.165, 1.54) is 10.1 Å². The van der Waals surface area contributed by atoms with Gasteiger partial charge in [-0.2, -0.15) is 0 Å². The third kappa shape index (κ3) is 2.05. The quantitative estimate of drug-likeness (QED) is 0.735. The van der Waals surface area contributed by atoms with Gasteiger partial charge in [-0.3, -0.25) is 24.3 Å². The topological polar surface area (TPSA) is 97.4 Å². The number of aromatic nitrogens is 1. The van der Waals surface area contributed by atoms with Crippen LogP contribution in [-0.4, -0.2) is 34.9 Å². The summed E-state index contributed by atoms with van der Waals surface area (Å²) in [6, 6.07) is 6.90. The van der Waals surface area contributed by atoms with Gasteiger partial charge in [-0.25, -0.2) is 0 Å². The maximum absolute atomic E-state index is 12.5. The number of nitrogens with one attached hydrogen (secondary N) is 1. The Bertz CT molecular complexity index is 961. The van der Waals surface area contributed by atoms with Gasteiger partial charge in [0.2, 0.25) is 0 Å². The summed E-state index contributed by atoms with van der Waals surface area (Å²) < 4.78 is 1.28. The predicted molar refractivity (Wildman–Crippen MR) is 88.3 cm³/mol. The zero-order valence-corrected chi connectivity index (χ0v) is 13.1. The van der Waals surface area contributed by atoms with Crippen LogP contribution in [-0.2, 0) is 13.0 Å². The van der Waals surface area contributed by atoms with Gasteiger partial charge in [-0.05, 0) is 36.7 Å². The number of fused-ring (bicyclic) bond motifs is 2. The molecule has 7 nitrogen and oxygen atoms in total. The number of carbonyl (C=O) groups is 2. The molecule has 0 radical (unpaired) electrons. The van der Waals surface area contributed by atoms with Crippen molar-refractivity contribution in [3.63, 3.8) is 0 Å². The van der Waals surface area contributed by atoms with Gasteiger partial charge in [0.25, 0.3) is 17.4 Å². The summed E-state index contributed by atoms with van der Waals surface area (Å²) in [5.41, 5.74) is 8.71. The lowest BCUT2D eigenvalue weighted by atomic mass is 9.99. The molecule has 2 aliphatic heterocycles. The number of imide groups is 1. The van der Waals surface area contributed by atoms with E-state index in [1.807, 2.05) is 25.2 Å². The first kappa shape index (κ1) is 14.6. The minimum atomic E-state index is -0.585. The largest absolute Gasteiger partial charge is 0.384 e. The van der Waals surface area contributed by atoms with Crippen molar-refractivity contribution in [3.05, 3.63) is 56.9 Å². The van der Waals surface area contributed by atoms with Gasteiger partial charge in [-0.15, -0.1) is 0 Å². The summed E-state index contributed by atoms with van der Waals surface area (Å²) in [7, 11) is 2.04. The lowest BCUT2D eigenvalue weighted by Crippen LogP contribution is -2.28. The van der Waals surface area contributed by atoms with Gasteiger partial charge >= 0.3 is 0 Å². The summed E-state index contributed by atoms with van der Waals surface area (Å²) in [6.07, 6.45) is 0.956. The first-order valence-corrected chi connectivity index (χ1v) is 7.67. The van der Waals surface area contributed by atoms with Gasteiger partial charge in [0, 0.05) is 19.2 Å². The number of rotatable bonds is 1. The van der Waals surface area contributed by atoms with E-state index in [9.17, 15) is 14.4 Å². The number of amides is 2. The number of anilines is 1. The molecule has 4 rings (SSSR count). The molecule has 0 spiro atoms. The highest BCUT2D eigenvalue weighted by Crippen LogP contribution is 2.25. The van der Waals surface area contributed by atoms with E-state index in [1.54, 1.807) is 0 Å². The Balaban J connectivity index is 1.91. The van der Waals surface area contributed by atoms with Gasteiger partial charge in [0.15, 0.2) is 0 Å². The molecule has 1 aromatic carbocycles. The molecule has 7 heteroatoms. The highest BCUT2D eigenvalue weighted by molar-refractivity contribution is 6.23. The molecule has 0 bridgehead atoms. The van der Waals surface area contributed by atoms with Crippen LogP contribution in [0.4, 0.5) is 5.82 Å². The second-order valence-electron chi connectivity index (χ2n) is 6.22. The fourth-order valence-corrected chi connectivity index (χ4v) is 3.37. The molecule has 2 amide bonds. The van der Waals surface area contributed by atoms with Gasteiger partial charge < -0.3 is 10.6 Å². The third-order valence-electron chi connectivity index (χ3n) is 4.60. The van der Waals surface area contributed by atoms with Crippen molar-refractivity contribution in [1.29, 1.82) is 0 Å².